The van der Waals surface area contributed by atoms with Crippen molar-refractivity contribution in [3.8, 4) is 0 Å². The maximum atomic E-state index is 10.3. The summed E-state index contributed by atoms with van der Waals surface area (Å²) in [5, 5.41) is 14.6. The van der Waals surface area contributed by atoms with Gasteiger partial charge in [0.25, 0.3) is 0 Å². The zero-order valence-corrected chi connectivity index (χ0v) is 10.7. The Bertz CT molecular complexity index is 292. The first kappa shape index (κ1) is 13.2. The number of aryl methyl sites for hydroxylation is 1. The summed E-state index contributed by atoms with van der Waals surface area (Å²) in [6.45, 7) is 7.34. The van der Waals surface area contributed by atoms with Gasteiger partial charge in [0.05, 0.1) is 11.8 Å². The van der Waals surface area contributed by atoms with Crippen LogP contribution in [0.3, 0.4) is 0 Å². The lowest BCUT2D eigenvalue weighted by Crippen LogP contribution is -2.16. The van der Waals surface area contributed by atoms with E-state index in [2.05, 4.69) is 25.9 Å². The molecule has 1 N–H and O–H groups in total. The monoisotopic (exact) mass is 224 g/mol. The zero-order chi connectivity index (χ0) is 12.0. The second-order valence-electron chi connectivity index (χ2n) is 4.35. The van der Waals surface area contributed by atoms with Gasteiger partial charge in [-0.2, -0.15) is 5.10 Å². The third kappa shape index (κ3) is 3.08. The third-order valence-electron chi connectivity index (χ3n) is 3.27. The smallest absolute Gasteiger partial charge is 0.0984 e. The molecule has 1 aromatic rings. The Balaban J connectivity index is 2.73. The van der Waals surface area contributed by atoms with Crippen LogP contribution in [0.15, 0.2) is 12.3 Å². The van der Waals surface area contributed by atoms with Crippen LogP contribution >= 0.6 is 0 Å². The molecule has 0 bridgehead atoms. The van der Waals surface area contributed by atoms with Crippen LogP contribution in [0.25, 0.3) is 0 Å². The van der Waals surface area contributed by atoms with E-state index in [0.717, 1.165) is 37.9 Å². The fourth-order valence-electron chi connectivity index (χ4n) is 2.07. The van der Waals surface area contributed by atoms with E-state index < -0.39 is 0 Å². The molecule has 0 amide bonds. The predicted octanol–water partition coefficient (Wildman–Crippen LogP) is 3.15. The number of hydrogen-bond donors (Lipinski definition) is 1. The van der Waals surface area contributed by atoms with Crippen LogP contribution in [-0.2, 0) is 6.54 Å². The minimum atomic E-state index is -0.366. The third-order valence-corrected chi connectivity index (χ3v) is 3.27. The first-order valence-electron chi connectivity index (χ1n) is 6.44. The van der Waals surface area contributed by atoms with E-state index in [9.17, 15) is 5.11 Å². The molecule has 0 spiro atoms. The highest BCUT2D eigenvalue weighted by molar-refractivity contribution is 5.05. The second-order valence-corrected chi connectivity index (χ2v) is 4.35. The molecule has 0 aliphatic heterocycles. The summed E-state index contributed by atoms with van der Waals surface area (Å²) in [6.07, 6.45) is 5.71. The molecule has 0 saturated heterocycles. The molecule has 1 aromatic heterocycles. The van der Waals surface area contributed by atoms with Crippen molar-refractivity contribution in [2.24, 2.45) is 5.92 Å². The van der Waals surface area contributed by atoms with Gasteiger partial charge in [0.1, 0.15) is 0 Å². The van der Waals surface area contributed by atoms with Gasteiger partial charge in [-0.25, -0.2) is 0 Å². The molecule has 3 heteroatoms. The summed E-state index contributed by atoms with van der Waals surface area (Å²) in [5.74, 6) is 0.345. The highest BCUT2D eigenvalue weighted by Gasteiger charge is 2.20. The molecular weight excluding hydrogens is 200 g/mol. The number of hydrogen-bond acceptors (Lipinski definition) is 2. The maximum absolute atomic E-state index is 10.3. The van der Waals surface area contributed by atoms with Crippen LogP contribution in [0.5, 0.6) is 0 Å². The minimum Gasteiger partial charge on any atom is -0.387 e. The van der Waals surface area contributed by atoms with E-state index >= 15 is 0 Å². The standard InChI is InChI=1S/C13H24N2O/c1-4-7-10-15-12(8-9-14-15)13(16)11(5-2)6-3/h8-9,11,13,16H,4-7,10H2,1-3H3. The van der Waals surface area contributed by atoms with E-state index in [-0.39, 0.29) is 6.10 Å². The molecule has 92 valence electrons. The molecule has 0 radical (unpaired) electrons. The van der Waals surface area contributed by atoms with Crippen LogP contribution in [0.4, 0.5) is 0 Å². The van der Waals surface area contributed by atoms with Crippen molar-refractivity contribution in [1.82, 2.24) is 9.78 Å². The van der Waals surface area contributed by atoms with Crippen molar-refractivity contribution in [3.63, 3.8) is 0 Å². The fourth-order valence-corrected chi connectivity index (χ4v) is 2.07. The summed E-state index contributed by atoms with van der Waals surface area (Å²) in [7, 11) is 0. The lowest BCUT2D eigenvalue weighted by Gasteiger charge is -2.21. The van der Waals surface area contributed by atoms with Gasteiger partial charge in [-0.1, -0.05) is 40.0 Å². The Hall–Kier alpha value is -0.830. The van der Waals surface area contributed by atoms with Gasteiger partial charge >= 0.3 is 0 Å². The van der Waals surface area contributed by atoms with E-state index in [1.54, 1.807) is 6.20 Å². The Labute approximate surface area is 98.5 Å². The molecule has 1 rings (SSSR count). The quantitative estimate of drug-likeness (QED) is 0.772. The number of aliphatic hydroxyl groups is 1. The Morgan fingerprint density at radius 3 is 2.56 bits per heavy atom. The van der Waals surface area contributed by atoms with Crippen LogP contribution in [0, 0.1) is 5.92 Å². The first-order valence-corrected chi connectivity index (χ1v) is 6.44. The summed E-state index contributed by atoms with van der Waals surface area (Å²) in [5.41, 5.74) is 0.974. The SMILES string of the molecule is CCCCn1nccc1C(O)C(CC)CC. The topological polar surface area (TPSA) is 38.0 Å². The molecule has 0 aliphatic rings. The lowest BCUT2D eigenvalue weighted by molar-refractivity contribution is 0.0939. The number of unbranched alkanes of at least 4 members (excludes halogenated alkanes) is 1. The number of aliphatic hydroxyl groups excluding tert-OH is 1. The molecule has 16 heavy (non-hydrogen) atoms. The van der Waals surface area contributed by atoms with Crippen LogP contribution in [0.2, 0.25) is 0 Å². The lowest BCUT2D eigenvalue weighted by atomic mass is 9.94. The predicted molar refractivity (Wildman–Crippen MR) is 66.2 cm³/mol. The molecule has 0 saturated carbocycles. The van der Waals surface area contributed by atoms with Crippen LogP contribution in [0.1, 0.15) is 58.3 Å². The largest absolute Gasteiger partial charge is 0.387 e. The molecule has 0 aliphatic carbocycles. The van der Waals surface area contributed by atoms with E-state index in [1.165, 1.54) is 0 Å². The van der Waals surface area contributed by atoms with Crippen LogP contribution in [-0.4, -0.2) is 14.9 Å². The highest BCUT2D eigenvalue weighted by Crippen LogP contribution is 2.26. The van der Waals surface area contributed by atoms with Crippen molar-refractivity contribution in [3.05, 3.63) is 18.0 Å². The van der Waals surface area contributed by atoms with Crippen molar-refractivity contribution < 1.29 is 5.11 Å². The fraction of sp³-hybridized carbons (Fsp3) is 0.769. The van der Waals surface area contributed by atoms with Gasteiger partial charge in [0, 0.05) is 12.7 Å². The molecular formula is C13H24N2O. The van der Waals surface area contributed by atoms with Crippen molar-refractivity contribution in [1.29, 1.82) is 0 Å². The molecule has 3 nitrogen and oxygen atoms in total. The zero-order valence-electron chi connectivity index (χ0n) is 10.7. The molecule has 0 fully saturated rings. The number of nitrogens with zero attached hydrogens (tertiary/aromatic N) is 2. The van der Waals surface area contributed by atoms with E-state index in [4.69, 9.17) is 0 Å². The first-order chi connectivity index (χ1) is 7.74. The van der Waals surface area contributed by atoms with Gasteiger partial charge in [0.2, 0.25) is 0 Å². The summed E-state index contributed by atoms with van der Waals surface area (Å²) in [6, 6.07) is 1.94. The second kappa shape index (κ2) is 6.69. The van der Waals surface area contributed by atoms with Crippen molar-refractivity contribution in [2.45, 2.75) is 59.1 Å². The summed E-state index contributed by atoms with van der Waals surface area (Å²) in [4.78, 5) is 0. The Morgan fingerprint density at radius 2 is 2.00 bits per heavy atom. The highest BCUT2D eigenvalue weighted by atomic mass is 16.3. The van der Waals surface area contributed by atoms with Gasteiger partial charge in [0.15, 0.2) is 0 Å². The van der Waals surface area contributed by atoms with Gasteiger partial charge in [-0.3, -0.25) is 4.68 Å². The maximum Gasteiger partial charge on any atom is 0.0984 e. The number of rotatable bonds is 7. The van der Waals surface area contributed by atoms with Gasteiger partial charge < -0.3 is 5.11 Å². The summed E-state index contributed by atoms with van der Waals surface area (Å²) < 4.78 is 1.95. The van der Waals surface area contributed by atoms with Gasteiger partial charge in [-0.05, 0) is 18.4 Å². The van der Waals surface area contributed by atoms with E-state index in [1.807, 2.05) is 10.7 Å². The molecule has 1 heterocycles. The van der Waals surface area contributed by atoms with Crippen LogP contribution < -0.4 is 0 Å². The Kier molecular flexibility index (Phi) is 5.53. The van der Waals surface area contributed by atoms with E-state index in [0.29, 0.717) is 5.92 Å². The number of aromatic nitrogens is 2. The minimum absolute atomic E-state index is 0.345. The van der Waals surface area contributed by atoms with Gasteiger partial charge in [-0.15, -0.1) is 0 Å². The molecule has 0 aromatic carbocycles. The average Bonchev–Trinajstić information content (AvgIpc) is 2.75. The molecule has 1 unspecified atom stereocenters. The van der Waals surface area contributed by atoms with Crippen molar-refractivity contribution >= 4 is 0 Å². The molecule has 1 atom stereocenters. The van der Waals surface area contributed by atoms with Crippen molar-refractivity contribution in [2.75, 3.05) is 0 Å². The normalized spacial score (nSPS) is 13.3. The Morgan fingerprint density at radius 1 is 1.31 bits per heavy atom. The average molecular weight is 224 g/mol. The summed E-state index contributed by atoms with van der Waals surface area (Å²) >= 11 is 0.